The summed E-state index contributed by atoms with van der Waals surface area (Å²) < 4.78 is 17.1. The molecule has 0 amide bonds. The van der Waals surface area contributed by atoms with Crippen LogP contribution in [0.25, 0.3) is 0 Å². The van der Waals surface area contributed by atoms with Gasteiger partial charge in [-0.05, 0) is 19.3 Å². The van der Waals surface area contributed by atoms with Gasteiger partial charge in [0, 0.05) is 19.3 Å². The van der Waals surface area contributed by atoms with E-state index >= 15 is 0 Å². The van der Waals surface area contributed by atoms with E-state index in [1.807, 2.05) is 0 Å². The quantitative estimate of drug-likeness (QED) is 0.0343. The third kappa shape index (κ3) is 71.1. The molecule has 6 nitrogen and oxygen atoms in total. The predicted octanol–water partition coefficient (Wildman–Crippen LogP) is 26.6. The molecule has 0 aromatic rings. The van der Waals surface area contributed by atoms with E-state index in [1.165, 1.54) is 360 Å². The van der Waals surface area contributed by atoms with Crippen molar-refractivity contribution in [2.24, 2.45) is 0 Å². The highest BCUT2D eigenvalue weighted by molar-refractivity contribution is 5.71. The van der Waals surface area contributed by atoms with Gasteiger partial charge in [-0.3, -0.25) is 14.4 Å². The summed E-state index contributed by atoms with van der Waals surface area (Å²) in [6.07, 6.45) is 87.3. The first-order valence-corrected chi connectivity index (χ1v) is 38.5. The number of hydrogen-bond donors (Lipinski definition) is 0. The van der Waals surface area contributed by atoms with Gasteiger partial charge in [0.2, 0.25) is 0 Å². The van der Waals surface area contributed by atoms with Gasteiger partial charge in [-0.2, -0.15) is 0 Å². The molecule has 0 fully saturated rings. The van der Waals surface area contributed by atoms with E-state index in [-0.39, 0.29) is 31.1 Å². The van der Waals surface area contributed by atoms with Crippen molar-refractivity contribution in [2.45, 2.75) is 463 Å². The van der Waals surface area contributed by atoms with Crippen LogP contribution in [0.4, 0.5) is 0 Å². The van der Waals surface area contributed by atoms with Crippen LogP contribution >= 0.6 is 0 Å². The number of hydrogen-bond acceptors (Lipinski definition) is 6. The lowest BCUT2D eigenvalue weighted by Gasteiger charge is -2.18. The molecular formula is C77H150O6. The number of esters is 3. The minimum absolute atomic E-state index is 0.0599. The summed E-state index contributed by atoms with van der Waals surface area (Å²) in [5.74, 6) is -0.815. The lowest BCUT2D eigenvalue weighted by molar-refractivity contribution is -0.167. The van der Waals surface area contributed by atoms with Gasteiger partial charge < -0.3 is 14.2 Å². The summed E-state index contributed by atoms with van der Waals surface area (Å²) in [6.45, 7) is 6.76. The van der Waals surface area contributed by atoms with E-state index in [0.717, 1.165) is 57.8 Å². The lowest BCUT2D eigenvalue weighted by Crippen LogP contribution is -2.30. The zero-order valence-electron chi connectivity index (χ0n) is 57.0. The summed E-state index contributed by atoms with van der Waals surface area (Å²) in [7, 11) is 0. The maximum absolute atomic E-state index is 13.0. The van der Waals surface area contributed by atoms with Crippen LogP contribution in [0.2, 0.25) is 0 Å². The van der Waals surface area contributed by atoms with E-state index in [4.69, 9.17) is 14.2 Å². The van der Waals surface area contributed by atoms with E-state index in [2.05, 4.69) is 20.8 Å². The fourth-order valence-electron chi connectivity index (χ4n) is 12.3. The summed E-state index contributed by atoms with van der Waals surface area (Å²) in [5, 5.41) is 0. The zero-order chi connectivity index (χ0) is 59.9. The molecule has 0 rings (SSSR count). The van der Waals surface area contributed by atoms with Gasteiger partial charge in [0.05, 0.1) is 0 Å². The Labute approximate surface area is 520 Å². The largest absolute Gasteiger partial charge is 0.462 e. The van der Waals surface area contributed by atoms with Gasteiger partial charge in [0.1, 0.15) is 13.2 Å². The smallest absolute Gasteiger partial charge is 0.306 e. The Morgan fingerprint density at radius 2 is 0.325 bits per heavy atom. The molecule has 0 N–H and O–H groups in total. The fourth-order valence-corrected chi connectivity index (χ4v) is 12.3. The minimum Gasteiger partial charge on any atom is -0.462 e. The summed E-state index contributed by atoms with van der Waals surface area (Å²) in [4.78, 5) is 38.5. The number of ether oxygens (including phenoxy) is 3. The number of rotatable bonds is 73. The van der Waals surface area contributed by atoms with Crippen LogP contribution in [-0.2, 0) is 28.6 Å². The van der Waals surface area contributed by atoms with E-state index < -0.39 is 6.10 Å². The van der Waals surface area contributed by atoms with Crippen molar-refractivity contribution in [1.82, 2.24) is 0 Å². The van der Waals surface area contributed by atoms with Crippen LogP contribution in [0.1, 0.15) is 457 Å². The highest BCUT2D eigenvalue weighted by Crippen LogP contribution is 2.20. The Bertz CT molecular complexity index is 1250. The Morgan fingerprint density at radius 3 is 0.482 bits per heavy atom. The molecule has 0 heterocycles. The van der Waals surface area contributed by atoms with E-state index in [9.17, 15) is 14.4 Å². The maximum atomic E-state index is 13.0. The Hall–Kier alpha value is -1.59. The van der Waals surface area contributed by atoms with Gasteiger partial charge in [-0.25, -0.2) is 0 Å². The number of carbonyl (C=O) groups is 3. The van der Waals surface area contributed by atoms with Crippen molar-refractivity contribution in [2.75, 3.05) is 13.2 Å². The summed E-state index contributed by atoms with van der Waals surface area (Å²) >= 11 is 0. The van der Waals surface area contributed by atoms with Crippen LogP contribution in [0.15, 0.2) is 0 Å². The first-order valence-electron chi connectivity index (χ1n) is 38.5. The van der Waals surface area contributed by atoms with Crippen molar-refractivity contribution in [1.29, 1.82) is 0 Å². The van der Waals surface area contributed by atoms with Crippen molar-refractivity contribution >= 4 is 17.9 Å². The molecule has 0 aromatic carbocycles. The van der Waals surface area contributed by atoms with Crippen LogP contribution in [0.3, 0.4) is 0 Å². The summed E-state index contributed by atoms with van der Waals surface area (Å²) in [6, 6.07) is 0. The van der Waals surface area contributed by atoms with Crippen LogP contribution in [0, 0.1) is 0 Å². The van der Waals surface area contributed by atoms with E-state index in [1.54, 1.807) is 0 Å². The highest BCUT2D eigenvalue weighted by atomic mass is 16.6. The maximum Gasteiger partial charge on any atom is 0.306 e. The number of unbranched alkanes of at least 4 members (excludes halogenated alkanes) is 62. The zero-order valence-corrected chi connectivity index (χ0v) is 57.0. The molecule has 6 heteroatoms. The van der Waals surface area contributed by atoms with Crippen LogP contribution in [0.5, 0.6) is 0 Å². The van der Waals surface area contributed by atoms with Gasteiger partial charge in [0.25, 0.3) is 0 Å². The van der Waals surface area contributed by atoms with Crippen molar-refractivity contribution in [3.63, 3.8) is 0 Å². The summed E-state index contributed by atoms with van der Waals surface area (Å²) in [5.41, 5.74) is 0. The highest BCUT2D eigenvalue weighted by Gasteiger charge is 2.20. The Balaban J connectivity index is 4.16. The molecule has 0 spiro atoms. The molecule has 1 atom stereocenters. The first-order chi connectivity index (χ1) is 41.0. The third-order valence-electron chi connectivity index (χ3n) is 18.1. The van der Waals surface area contributed by atoms with Crippen molar-refractivity contribution < 1.29 is 28.6 Å². The molecule has 0 saturated heterocycles. The molecule has 0 aliphatic carbocycles. The molecule has 494 valence electrons. The molecule has 0 aliphatic heterocycles. The second kappa shape index (κ2) is 72.9. The molecule has 0 aromatic heterocycles. The molecule has 83 heavy (non-hydrogen) atoms. The van der Waals surface area contributed by atoms with Gasteiger partial charge in [0.15, 0.2) is 6.10 Å². The first kappa shape index (κ1) is 81.4. The molecule has 0 radical (unpaired) electrons. The normalized spacial score (nSPS) is 11.9. The van der Waals surface area contributed by atoms with Gasteiger partial charge >= 0.3 is 17.9 Å². The molecule has 0 saturated carbocycles. The Morgan fingerprint density at radius 1 is 0.193 bits per heavy atom. The fraction of sp³-hybridized carbons (Fsp3) is 0.961. The average Bonchev–Trinajstić information content (AvgIpc) is 3.49. The monoisotopic (exact) mass is 1170 g/mol. The third-order valence-corrected chi connectivity index (χ3v) is 18.1. The predicted molar refractivity (Wildman–Crippen MR) is 363 cm³/mol. The molecular weight excluding hydrogens is 1020 g/mol. The van der Waals surface area contributed by atoms with Crippen molar-refractivity contribution in [3.05, 3.63) is 0 Å². The second-order valence-electron chi connectivity index (χ2n) is 26.6. The van der Waals surface area contributed by atoms with Crippen LogP contribution < -0.4 is 0 Å². The van der Waals surface area contributed by atoms with Crippen molar-refractivity contribution in [3.8, 4) is 0 Å². The standard InChI is InChI=1S/C77H150O6/c1-4-7-10-13-16-19-22-25-28-30-32-34-36-37-38-39-40-42-43-45-47-49-52-55-58-61-64-67-70-76(79)82-73-74(72-81-75(78)69-66-63-60-57-54-51-27-24-21-18-15-12-9-6-3)83-77(80)71-68-65-62-59-56-53-50-48-46-44-41-35-33-31-29-26-23-20-17-14-11-8-5-2/h74H,4-73H2,1-3H3. The minimum atomic E-state index is -0.764. The van der Waals surface area contributed by atoms with Gasteiger partial charge in [-0.1, -0.05) is 419 Å². The average molecular weight is 1170 g/mol. The molecule has 1 unspecified atom stereocenters. The topological polar surface area (TPSA) is 78.9 Å². The Kier molecular flexibility index (Phi) is 71.5. The lowest BCUT2D eigenvalue weighted by atomic mass is 10.0. The van der Waals surface area contributed by atoms with Gasteiger partial charge in [-0.15, -0.1) is 0 Å². The van der Waals surface area contributed by atoms with Crippen LogP contribution in [-0.4, -0.2) is 37.2 Å². The second-order valence-corrected chi connectivity index (χ2v) is 26.6. The molecule has 0 bridgehead atoms. The number of carbonyl (C=O) groups excluding carboxylic acids is 3. The molecule has 0 aliphatic rings. The van der Waals surface area contributed by atoms with E-state index in [0.29, 0.717) is 19.3 Å². The SMILES string of the molecule is CCCCCCCCCCCCCCCCCCCCCCCCCCCCCCC(=O)OCC(COC(=O)CCCCCCCCCCCCCCCC)OC(=O)CCCCCCCCCCCCCCCCCCCCCCCCC.